The van der Waals surface area contributed by atoms with E-state index >= 15 is 4.39 Å². The molecule has 0 amide bonds. The predicted molar refractivity (Wildman–Crippen MR) is 124 cm³/mol. The minimum absolute atomic E-state index is 0.101. The summed E-state index contributed by atoms with van der Waals surface area (Å²) in [6.07, 6.45) is -1.80. The van der Waals surface area contributed by atoms with Crippen LogP contribution < -0.4 is 5.32 Å². The number of rotatable bonds is 5. The third kappa shape index (κ3) is 4.03. The minimum Gasteiger partial charge on any atom is -0.386 e. The standard InChI is InChI=1S/C23H27ClFN5O4/c1-10(2)30-16-6-11(5-14(25)18(16)28-21(30)23(3,4)32)17-13(24)8-26-22(29-17)27-15-7-12-9-33-20(34-12)19(15)31/h5-6,8,10,12,15,19-20,31-32H,7,9H2,1-4H3,(H,26,27,29)/t12-,15+,19-,20+/m0/s1/i7D/t7-,12+,15-,19+,20-/m1. The maximum absolute atomic E-state index is 15.2. The fourth-order valence-corrected chi connectivity index (χ4v) is 4.60. The highest BCUT2D eigenvalue weighted by Crippen LogP contribution is 2.35. The van der Waals surface area contributed by atoms with Crippen molar-refractivity contribution in [1.82, 2.24) is 19.5 Å². The maximum Gasteiger partial charge on any atom is 0.223 e. The summed E-state index contributed by atoms with van der Waals surface area (Å²) in [7, 11) is 0. The average Bonchev–Trinajstić information content (AvgIpc) is 3.40. The number of fused-ring (bicyclic) bond motifs is 3. The predicted octanol–water partition coefficient (Wildman–Crippen LogP) is 3.38. The highest BCUT2D eigenvalue weighted by molar-refractivity contribution is 6.33. The largest absolute Gasteiger partial charge is 0.386 e. The van der Waals surface area contributed by atoms with Crippen LogP contribution in [0.15, 0.2) is 18.3 Å². The Kier molecular flexibility index (Phi) is 5.45. The number of benzene rings is 1. The molecule has 2 aromatic heterocycles. The fourth-order valence-electron chi connectivity index (χ4n) is 4.40. The van der Waals surface area contributed by atoms with Crippen LogP contribution in [0.2, 0.25) is 5.02 Å². The van der Waals surface area contributed by atoms with Crippen molar-refractivity contribution in [3.05, 3.63) is 35.0 Å². The first-order valence-corrected chi connectivity index (χ1v) is 11.4. The molecule has 1 aromatic carbocycles. The van der Waals surface area contributed by atoms with Crippen LogP contribution in [-0.2, 0) is 15.1 Å². The van der Waals surface area contributed by atoms with E-state index in [0.717, 1.165) is 0 Å². The Morgan fingerprint density at radius 2 is 2.12 bits per heavy atom. The van der Waals surface area contributed by atoms with Crippen molar-refractivity contribution in [2.45, 2.75) is 70.3 Å². The number of halogens is 2. The van der Waals surface area contributed by atoms with E-state index in [-0.39, 0.29) is 34.8 Å². The zero-order valence-electron chi connectivity index (χ0n) is 20.2. The number of hydrogen-bond donors (Lipinski definition) is 3. The van der Waals surface area contributed by atoms with Gasteiger partial charge in [0, 0.05) is 13.0 Å². The average molecular weight is 493 g/mol. The van der Waals surface area contributed by atoms with Gasteiger partial charge in [-0.3, -0.25) is 0 Å². The number of anilines is 1. The van der Waals surface area contributed by atoms with Crippen LogP contribution in [0.5, 0.6) is 0 Å². The maximum atomic E-state index is 15.2. The number of hydrogen-bond acceptors (Lipinski definition) is 8. The summed E-state index contributed by atoms with van der Waals surface area (Å²) in [6.45, 7) is 7.29. The summed E-state index contributed by atoms with van der Waals surface area (Å²) >= 11 is 6.41. The third-order valence-corrected chi connectivity index (χ3v) is 6.20. The quantitative estimate of drug-likeness (QED) is 0.496. The molecule has 0 unspecified atom stereocenters. The molecule has 3 N–H and O–H groups in total. The third-order valence-electron chi connectivity index (χ3n) is 5.93. The van der Waals surface area contributed by atoms with E-state index in [1.165, 1.54) is 12.3 Å². The molecule has 9 nitrogen and oxygen atoms in total. The van der Waals surface area contributed by atoms with Gasteiger partial charge in [-0.1, -0.05) is 11.6 Å². The van der Waals surface area contributed by atoms with Gasteiger partial charge in [0.1, 0.15) is 23.0 Å². The van der Waals surface area contributed by atoms with Gasteiger partial charge in [-0.05, 0) is 46.2 Å². The van der Waals surface area contributed by atoms with Gasteiger partial charge in [0.15, 0.2) is 12.1 Å². The molecule has 2 saturated heterocycles. The van der Waals surface area contributed by atoms with Crippen LogP contribution in [0.4, 0.5) is 10.3 Å². The van der Waals surface area contributed by atoms with Crippen LogP contribution in [0.3, 0.4) is 0 Å². The fraction of sp³-hybridized carbons (Fsp3) is 0.522. The summed E-state index contributed by atoms with van der Waals surface area (Å²) in [4.78, 5) is 13.0. The minimum atomic E-state index is -1.28. The molecule has 4 heterocycles. The first-order valence-electron chi connectivity index (χ1n) is 11.6. The van der Waals surface area contributed by atoms with E-state index in [0.29, 0.717) is 16.9 Å². The van der Waals surface area contributed by atoms with Gasteiger partial charge in [-0.2, -0.15) is 0 Å². The molecule has 182 valence electrons. The van der Waals surface area contributed by atoms with Gasteiger partial charge in [-0.25, -0.2) is 19.3 Å². The molecule has 5 rings (SSSR count). The smallest absolute Gasteiger partial charge is 0.223 e. The van der Waals surface area contributed by atoms with Crippen LogP contribution in [-0.4, -0.2) is 60.9 Å². The normalized spacial score (nSPS) is 27.4. The molecule has 3 aromatic rings. The van der Waals surface area contributed by atoms with Crippen molar-refractivity contribution >= 4 is 28.6 Å². The Bertz CT molecular complexity index is 1270. The summed E-state index contributed by atoms with van der Waals surface area (Å²) in [5.41, 5.74) is 0.0265. The second kappa shape index (κ2) is 8.39. The highest BCUT2D eigenvalue weighted by atomic mass is 35.5. The molecule has 0 radical (unpaired) electrons. The Labute approximate surface area is 202 Å². The molecule has 0 saturated carbocycles. The number of imidazole rings is 1. The molecular weight excluding hydrogens is 465 g/mol. The van der Waals surface area contributed by atoms with E-state index in [1.807, 2.05) is 13.8 Å². The van der Waals surface area contributed by atoms with E-state index in [4.69, 9.17) is 22.4 Å². The molecule has 2 bridgehead atoms. The van der Waals surface area contributed by atoms with Crippen molar-refractivity contribution in [2.75, 3.05) is 11.9 Å². The lowest BCUT2D eigenvalue weighted by Crippen LogP contribution is -2.48. The Balaban J connectivity index is 1.56. The van der Waals surface area contributed by atoms with Crippen molar-refractivity contribution in [3.8, 4) is 11.3 Å². The van der Waals surface area contributed by atoms with E-state index < -0.39 is 42.4 Å². The second-order valence-electron chi connectivity index (χ2n) is 9.40. The lowest BCUT2D eigenvalue weighted by atomic mass is 10.0. The number of aliphatic hydroxyl groups excluding tert-OH is 1. The number of ether oxygens (including phenoxy) is 2. The number of aromatic nitrogens is 4. The van der Waals surface area contributed by atoms with Crippen molar-refractivity contribution in [3.63, 3.8) is 0 Å². The summed E-state index contributed by atoms with van der Waals surface area (Å²) < 4.78 is 36.3. The van der Waals surface area contributed by atoms with Crippen molar-refractivity contribution in [1.29, 1.82) is 0 Å². The van der Waals surface area contributed by atoms with Crippen LogP contribution >= 0.6 is 11.6 Å². The first kappa shape index (κ1) is 22.1. The molecule has 0 aliphatic carbocycles. The molecule has 2 aliphatic rings. The summed E-state index contributed by atoms with van der Waals surface area (Å²) in [6, 6.07) is 2.18. The van der Waals surface area contributed by atoms with E-state index in [9.17, 15) is 10.2 Å². The van der Waals surface area contributed by atoms with Crippen LogP contribution in [0.25, 0.3) is 22.3 Å². The molecule has 11 heteroatoms. The molecule has 5 atom stereocenters. The number of nitrogens with zero attached hydrogens (tertiary/aromatic N) is 4. The van der Waals surface area contributed by atoms with E-state index in [2.05, 4.69) is 20.3 Å². The Hall–Kier alpha value is -2.37. The molecule has 2 aliphatic heterocycles. The SMILES string of the molecule is [2H][C@H]1[C@@H](Nc2ncc(Cl)c(-c3cc(F)c4nc(C(C)(C)O)n(C(C)C)c4c3)n2)[C@H](O)[C@@H]2OC[C@H]1O2. The molecular formula is C23H27ClFN5O4. The second-order valence-corrected chi connectivity index (χ2v) is 9.81. The first-order chi connectivity index (χ1) is 16.5. The lowest BCUT2D eigenvalue weighted by Gasteiger charge is -2.32. The Morgan fingerprint density at radius 1 is 1.35 bits per heavy atom. The van der Waals surface area contributed by atoms with Gasteiger partial charge in [-0.15, -0.1) is 0 Å². The topological polar surface area (TPSA) is 115 Å². The summed E-state index contributed by atoms with van der Waals surface area (Å²) in [5, 5.41) is 24.3. The van der Waals surface area contributed by atoms with Crippen molar-refractivity contribution < 1.29 is 25.4 Å². The van der Waals surface area contributed by atoms with Crippen LogP contribution in [0.1, 0.15) is 47.3 Å². The zero-order chi connectivity index (χ0) is 25.2. The van der Waals surface area contributed by atoms with Crippen molar-refractivity contribution in [2.24, 2.45) is 0 Å². The monoisotopic (exact) mass is 492 g/mol. The molecule has 34 heavy (non-hydrogen) atoms. The highest BCUT2D eigenvalue weighted by Gasteiger charge is 2.43. The van der Waals surface area contributed by atoms with Gasteiger partial charge < -0.3 is 29.6 Å². The van der Waals surface area contributed by atoms with Gasteiger partial charge >= 0.3 is 0 Å². The Morgan fingerprint density at radius 3 is 2.82 bits per heavy atom. The van der Waals surface area contributed by atoms with E-state index in [1.54, 1.807) is 24.5 Å². The van der Waals surface area contributed by atoms with Gasteiger partial charge in [0.25, 0.3) is 0 Å². The van der Waals surface area contributed by atoms with Gasteiger partial charge in [0.2, 0.25) is 5.95 Å². The lowest BCUT2D eigenvalue weighted by molar-refractivity contribution is -0.156. The molecule has 0 spiro atoms. The van der Waals surface area contributed by atoms with Crippen LogP contribution in [0, 0.1) is 5.82 Å². The zero-order valence-corrected chi connectivity index (χ0v) is 19.9. The summed E-state index contributed by atoms with van der Waals surface area (Å²) in [5.74, 6) is -0.102. The number of nitrogens with one attached hydrogen (secondary N) is 1. The number of aliphatic hydroxyl groups is 2. The van der Waals surface area contributed by atoms with Gasteiger partial charge in [0.05, 0.1) is 41.2 Å². The molecule has 2 fully saturated rings.